The van der Waals surface area contributed by atoms with E-state index in [0.29, 0.717) is 18.4 Å². The molecule has 2 rings (SSSR count). The molecule has 0 aliphatic carbocycles. The number of nitrogens with zero attached hydrogens (tertiary/aromatic N) is 3. The summed E-state index contributed by atoms with van der Waals surface area (Å²) >= 11 is 0. The van der Waals surface area contributed by atoms with Crippen LogP contribution in [0.15, 0.2) is 29.3 Å². The number of hydrogen-bond acceptors (Lipinski definition) is 3. The van der Waals surface area contributed by atoms with Crippen LogP contribution in [0.4, 0.5) is 5.69 Å². The number of aliphatic imine (C=N–C) groups is 1. The van der Waals surface area contributed by atoms with Crippen LogP contribution in [-0.4, -0.2) is 35.9 Å². The zero-order chi connectivity index (χ0) is 16.1. The summed E-state index contributed by atoms with van der Waals surface area (Å²) in [5.41, 5.74) is 1.12. The van der Waals surface area contributed by atoms with E-state index < -0.39 is 0 Å². The molecule has 0 spiro atoms. The van der Waals surface area contributed by atoms with Crippen LogP contribution in [0.2, 0.25) is 0 Å². The molecule has 0 aromatic heterocycles. The van der Waals surface area contributed by atoms with Crippen molar-refractivity contribution in [2.75, 3.05) is 20.1 Å². The topological polar surface area (TPSA) is 70.8 Å². The number of guanidine groups is 1. The Hall–Kier alpha value is -2.11. The maximum absolute atomic E-state index is 10.7. The van der Waals surface area contributed by atoms with Gasteiger partial charge in [-0.2, -0.15) is 0 Å². The first-order valence-electron chi connectivity index (χ1n) is 7.68. The smallest absolute Gasteiger partial charge is 0.269 e. The van der Waals surface area contributed by atoms with E-state index in [9.17, 15) is 10.1 Å². The molecule has 1 heterocycles. The summed E-state index contributed by atoms with van der Waals surface area (Å²) in [5.74, 6) is 2.24. The highest BCUT2D eigenvalue weighted by atomic mass is 16.6. The average Bonchev–Trinajstić information content (AvgIpc) is 2.47. The molecule has 1 saturated heterocycles. The molecule has 1 N–H and O–H groups in total. The Labute approximate surface area is 131 Å². The molecule has 1 fully saturated rings. The lowest BCUT2D eigenvalue weighted by molar-refractivity contribution is -0.384. The van der Waals surface area contributed by atoms with Crippen molar-refractivity contribution in [2.24, 2.45) is 16.8 Å². The van der Waals surface area contributed by atoms with Crippen LogP contribution < -0.4 is 5.32 Å². The van der Waals surface area contributed by atoms with E-state index >= 15 is 0 Å². The maximum atomic E-state index is 10.7. The molecule has 1 aromatic rings. The molecule has 0 bridgehead atoms. The predicted molar refractivity (Wildman–Crippen MR) is 87.8 cm³/mol. The first-order valence-corrected chi connectivity index (χ1v) is 7.68. The first-order chi connectivity index (χ1) is 10.5. The van der Waals surface area contributed by atoms with Gasteiger partial charge in [-0.15, -0.1) is 0 Å². The van der Waals surface area contributed by atoms with E-state index in [0.717, 1.165) is 24.6 Å². The summed E-state index contributed by atoms with van der Waals surface area (Å²) < 4.78 is 0. The van der Waals surface area contributed by atoms with Gasteiger partial charge in [-0.1, -0.05) is 26.0 Å². The lowest BCUT2D eigenvalue weighted by Gasteiger charge is -2.37. The van der Waals surface area contributed by atoms with Crippen LogP contribution in [0.25, 0.3) is 0 Å². The zero-order valence-electron chi connectivity index (χ0n) is 13.5. The normalized spacial score (nSPS) is 22.5. The molecule has 0 saturated carbocycles. The molecular formula is C16H24N4O2. The third-order valence-electron chi connectivity index (χ3n) is 3.98. The van der Waals surface area contributed by atoms with Gasteiger partial charge in [0.1, 0.15) is 0 Å². The van der Waals surface area contributed by atoms with Gasteiger partial charge in [0.2, 0.25) is 0 Å². The molecule has 22 heavy (non-hydrogen) atoms. The van der Waals surface area contributed by atoms with Crippen LogP contribution in [0, 0.1) is 22.0 Å². The van der Waals surface area contributed by atoms with Crippen molar-refractivity contribution < 1.29 is 4.92 Å². The maximum Gasteiger partial charge on any atom is 0.269 e. The quantitative estimate of drug-likeness (QED) is 0.403. The van der Waals surface area contributed by atoms with Gasteiger partial charge in [0.25, 0.3) is 5.69 Å². The molecule has 0 amide bonds. The van der Waals surface area contributed by atoms with Crippen LogP contribution in [0.3, 0.4) is 0 Å². The minimum absolute atomic E-state index is 0.117. The summed E-state index contributed by atoms with van der Waals surface area (Å²) in [7, 11) is 1.79. The van der Waals surface area contributed by atoms with Crippen molar-refractivity contribution >= 4 is 11.6 Å². The fourth-order valence-electron chi connectivity index (χ4n) is 3.08. The van der Waals surface area contributed by atoms with Gasteiger partial charge < -0.3 is 10.2 Å². The molecular weight excluding hydrogens is 280 g/mol. The molecule has 2 unspecified atom stereocenters. The minimum atomic E-state index is -0.382. The molecule has 1 aromatic carbocycles. The number of non-ortho nitro benzene ring substituents is 1. The monoisotopic (exact) mass is 304 g/mol. The molecule has 6 heteroatoms. The number of nitrogens with one attached hydrogen (secondary N) is 1. The zero-order valence-corrected chi connectivity index (χ0v) is 13.5. The summed E-state index contributed by atoms with van der Waals surface area (Å²) in [6.07, 6.45) is 1.26. The third-order valence-corrected chi connectivity index (χ3v) is 3.98. The standard InChI is InChI=1S/C16H24N4O2/c1-12-8-13(2)11-19(10-12)16(17-3)18-9-14-4-6-15(7-5-14)20(21)22/h4-7,12-13H,8-11H2,1-3H3,(H,17,18). The van der Waals surface area contributed by atoms with Crippen molar-refractivity contribution in [3.63, 3.8) is 0 Å². The van der Waals surface area contributed by atoms with E-state index in [2.05, 4.69) is 29.1 Å². The molecule has 120 valence electrons. The molecule has 1 aliphatic rings. The number of hydrogen-bond donors (Lipinski definition) is 1. The van der Waals surface area contributed by atoms with Crippen LogP contribution >= 0.6 is 0 Å². The number of likely N-dealkylation sites (tertiary alicyclic amines) is 1. The van der Waals surface area contributed by atoms with Crippen molar-refractivity contribution in [1.82, 2.24) is 10.2 Å². The number of rotatable bonds is 3. The van der Waals surface area contributed by atoms with E-state index in [1.54, 1.807) is 19.2 Å². The Morgan fingerprint density at radius 2 is 1.91 bits per heavy atom. The van der Waals surface area contributed by atoms with Gasteiger partial charge in [0.05, 0.1) is 4.92 Å². The van der Waals surface area contributed by atoms with Crippen molar-refractivity contribution in [1.29, 1.82) is 0 Å². The Kier molecular flexibility index (Phi) is 5.35. The van der Waals surface area contributed by atoms with Gasteiger partial charge in [-0.25, -0.2) is 0 Å². The Balaban J connectivity index is 1.95. The highest BCUT2D eigenvalue weighted by Gasteiger charge is 2.23. The SMILES string of the molecule is CN=C(NCc1ccc([N+](=O)[O-])cc1)N1CC(C)CC(C)C1. The van der Waals surface area contributed by atoms with E-state index in [1.165, 1.54) is 18.6 Å². The summed E-state index contributed by atoms with van der Waals surface area (Å²) in [6.45, 7) is 7.19. The van der Waals surface area contributed by atoms with Crippen molar-refractivity contribution in [3.05, 3.63) is 39.9 Å². The molecule has 0 radical (unpaired) electrons. The second kappa shape index (κ2) is 7.24. The number of nitro benzene ring substituents is 1. The van der Waals surface area contributed by atoms with Crippen LogP contribution in [-0.2, 0) is 6.54 Å². The lowest BCUT2D eigenvalue weighted by Crippen LogP contribution is -2.48. The molecule has 6 nitrogen and oxygen atoms in total. The second-order valence-electron chi connectivity index (χ2n) is 6.18. The minimum Gasteiger partial charge on any atom is -0.352 e. The van der Waals surface area contributed by atoms with Crippen LogP contribution in [0.5, 0.6) is 0 Å². The number of piperidine rings is 1. The Morgan fingerprint density at radius 3 is 2.41 bits per heavy atom. The molecule has 2 atom stereocenters. The van der Waals surface area contributed by atoms with Gasteiger partial charge in [0.15, 0.2) is 5.96 Å². The van der Waals surface area contributed by atoms with Crippen molar-refractivity contribution in [3.8, 4) is 0 Å². The predicted octanol–water partition coefficient (Wildman–Crippen LogP) is 2.65. The van der Waals surface area contributed by atoms with Gasteiger partial charge >= 0.3 is 0 Å². The number of nitro groups is 1. The average molecular weight is 304 g/mol. The summed E-state index contributed by atoms with van der Waals surface area (Å²) in [5, 5.41) is 14.0. The van der Waals surface area contributed by atoms with Gasteiger partial charge in [0, 0.05) is 38.8 Å². The molecule has 1 aliphatic heterocycles. The van der Waals surface area contributed by atoms with E-state index in [-0.39, 0.29) is 10.6 Å². The van der Waals surface area contributed by atoms with Gasteiger partial charge in [-0.3, -0.25) is 15.1 Å². The largest absolute Gasteiger partial charge is 0.352 e. The Bertz CT molecular complexity index is 532. The second-order valence-corrected chi connectivity index (χ2v) is 6.18. The van der Waals surface area contributed by atoms with Crippen molar-refractivity contribution in [2.45, 2.75) is 26.8 Å². The van der Waals surface area contributed by atoms with E-state index in [4.69, 9.17) is 0 Å². The lowest BCUT2D eigenvalue weighted by atomic mass is 9.92. The van der Waals surface area contributed by atoms with E-state index in [1.807, 2.05) is 0 Å². The highest BCUT2D eigenvalue weighted by molar-refractivity contribution is 5.80. The fourth-order valence-corrected chi connectivity index (χ4v) is 3.08. The first kappa shape index (κ1) is 16.3. The number of benzene rings is 1. The Morgan fingerprint density at radius 1 is 1.32 bits per heavy atom. The van der Waals surface area contributed by atoms with Crippen LogP contribution in [0.1, 0.15) is 25.8 Å². The summed E-state index contributed by atoms with van der Waals surface area (Å²) in [6, 6.07) is 6.62. The summed E-state index contributed by atoms with van der Waals surface area (Å²) in [4.78, 5) is 16.9. The third kappa shape index (κ3) is 4.19. The fraction of sp³-hybridized carbons (Fsp3) is 0.562. The highest BCUT2D eigenvalue weighted by Crippen LogP contribution is 2.21. The van der Waals surface area contributed by atoms with Gasteiger partial charge in [-0.05, 0) is 23.8 Å².